The van der Waals surface area contributed by atoms with Crippen molar-refractivity contribution >= 4 is 104 Å². The summed E-state index contributed by atoms with van der Waals surface area (Å²) in [5.41, 5.74) is 10.3. The Hall–Kier alpha value is -4.63. The molecule has 416 valence electrons. The number of rotatable bonds is 15. The standard InChI is InChI=1S/C20H27N3O2S.C18H22N2O3S.C15H19N3OS.C4H7BrO2/c1-2-25-17(24)11-8-13-6-9-14(10-7-13)23-19-18-15-4-3-5-16(15)26-20(18)22-12-21-19;21-15(22)9-6-11-4-7-12(8-5-11)23-17-16-13-2-1-3-14(13)24-18(16)20-10-19-17;16-9-4-6-10(7-5-9)19-14-13-11-2-1-3-12(11)20-15(13)18-8-17-14;1-2-7-4(6)3-5/h12-14H,2-11H2,1H3,(H,21,22,23);10-12H,1-9H2,(H,21,22);8-10H,1-7,16H2;2-3H2,1H3. The Kier molecular flexibility index (Phi) is 20.7. The maximum atomic E-state index is 11.5. The first-order valence-corrected chi connectivity index (χ1v) is 31.8. The van der Waals surface area contributed by atoms with Crippen molar-refractivity contribution in [3.8, 4) is 11.8 Å². The van der Waals surface area contributed by atoms with Crippen molar-refractivity contribution in [2.75, 3.05) is 23.9 Å². The number of anilines is 1. The lowest BCUT2D eigenvalue weighted by Crippen LogP contribution is -2.31. The van der Waals surface area contributed by atoms with Crippen molar-refractivity contribution in [3.63, 3.8) is 0 Å². The van der Waals surface area contributed by atoms with Crippen molar-refractivity contribution in [2.45, 2.75) is 199 Å². The maximum absolute atomic E-state index is 11.5. The normalized spacial score (nSPS) is 22.3. The first-order valence-electron chi connectivity index (χ1n) is 28.3. The van der Waals surface area contributed by atoms with E-state index in [2.05, 4.69) is 55.9 Å². The zero-order chi connectivity index (χ0) is 53.7. The van der Waals surface area contributed by atoms with Gasteiger partial charge in [-0.1, -0.05) is 15.9 Å². The number of carboxylic acid groups (broad SMARTS) is 1. The van der Waals surface area contributed by atoms with Gasteiger partial charge in [-0.2, -0.15) is 0 Å². The van der Waals surface area contributed by atoms with Gasteiger partial charge in [-0.25, -0.2) is 29.9 Å². The summed E-state index contributed by atoms with van der Waals surface area (Å²) >= 11 is 8.38. The van der Waals surface area contributed by atoms with Gasteiger partial charge in [0, 0.05) is 39.6 Å². The van der Waals surface area contributed by atoms with Gasteiger partial charge in [0.1, 0.15) is 56.8 Å². The van der Waals surface area contributed by atoms with Gasteiger partial charge in [-0.3, -0.25) is 14.4 Å². The molecule has 6 aromatic heterocycles. The smallest absolute Gasteiger partial charge is 0.316 e. The van der Waals surface area contributed by atoms with Gasteiger partial charge in [0.05, 0.1) is 29.4 Å². The number of esters is 2. The van der Waals surface area contributed by atoms with E-state index in [-0.39, 0.29) is 30.6 Å². The summed E-state index contributed by atoms with van der Waals surface area (Å²) < 4.78 is 22.0. The maximum Gasteiger partial charge on any atom is 0.316 e. The van der Waals surface area contributed by atoms with Crippen molar-refractivity contribution in [3.05, 3.63) is 50.3 Å². The zero-order valence-electron chi connectivity index (χ0n) is 44.7. The fourth-order valence-corrected chi connectivity index (χ4v) is 15.8. The van der Waals surface area contributed by atoms with Crippen LogP contribution in [0.1, 0.15) is 167 Å². The Morgan fingerprint density at radius 1 is 0.584 bits per heavy atom. The van der Waals surface area contributed by atoms with Gasteiger partial charge in [-0.05, 0) is 190 Å². The van der Waals surface area contributed by atoms with Gasteiger partial charge in [-0.15, -0.1) is 34.0 Å². The summed E-state index contributed by atoms with van der Waals surface area (Å²) in [7, 11) is 0. The van der Waals surface area contributed by atoms with E-state index < -0.39 is 5.97 Å². The number of halogens is 1. The Bertz CT molecular complexity index is 2930. The van der Waals surface area contributed by atoms with Crippen LogP contribution in [0.25, 0.3) is 30.6 Å². The zero-order valence-corrected chi connectivity index (χ0v) is 48.7. The Morgan fingerprint density at radius 3 is 1.51 bits per heavy atom. The Labute approximate surface area is 472 Å². The third-order valence-corrected chi connectivity index (χ3v) is 20.0. The number of nitrogens with two attached hydrogens (primary N) is 1. The minimum Gasteiger partial charge on any atom is -0.481 e. The van der Waals surface area contributed by atoms with Crippen LogP contribution in [-0.2, 0) is 62.4 Å². The highest BCUT2D eigenvalue weighted by atomic mass is 79.9. The van der Waals surface area contributed by atoms with Crippen LogP contribution in [0.5, 0.6) is 11.8 Å². The van der Waals surface area contributed by atoms with Crippen LogP contribution in [0.2, 0.25) is 0 Å². The monoisotopic (exact) mass is 1170 g/mol. The lowest BCUT2D eigenvalue weighted by molar-refractivity contribution is -0.143. The summed E-state index contributed by atoms with van der Waals surface area (Å²) in [5, 5.41) is 16.4. The van der Waals surface area contributed by atoms with Gasteiger partial charge in [0.25, 0.3) is 0 Å². The summed E-state index contributed by atoms with van der Waals surface area (Å²) in [6, 6.07) is 0.828. The molecule has 20 heteroatoms. The molecule has 0 atom stereocenters. The minimum absolute atomic E-state index is 0.0533. The number of nitrogens with zero attached hydrogens (tertiary/aromatic N) is 6. The van der Waals surface area contributed by atoms with Crippen LogP contribution in [0, 0.1) is 11.8 Å². The molecule has 6 heterocycles. The van der Waals surface area contributed by atoms with E-state index in [9.17, 15) is 14.4 Å². The van der Waals surface area contributed by atoms with Crippen molar-refractivity contribution in [2.24, 2.45) is 17.6 Å². The molecule has 0 bridgehead atoms. The second-order valence-electron chi connectivity index (χ2n) is 21.2. The van der Waals surface area contributed by atoms with Crippen LogP contribution < -0.4 is 20.5 Å². The molecule has 0 unspecified atom stereocenters. The van der Waals surface area contributed by atoms with Crippen LogP contribution in [0.3, 0.4) is 0 Å². The molecule has 12 rings (SSSR count). The molecule has 3 saturated carbocycles. The average Bonchev–Trinajstić information content (AvgIpc) is 4.33. The number of aryl methyl sites for hydroxylation is 6. The topological polar surface area (TPSA) is 224 Å². The minimum atomic E-state index is -0.692. The Morgan fingerprint density at radius 2 is 1.03 bits per heavy atom. The number of carbonyl (C=O) groups excluding carboxylic acids is 2. The van der Waals surface area contributed by atoms with Gasteiger partial charge in [0.2, 0.25) is 11.8 Å². The summed E-state index contributed by atoms with van der Waals surface area (Å²) in [6.45, 7) is 4.59. The molecule has 6 aliphatic rings. The SMILES string of the molecule is CCOC(=O)CBr.CCOC(=O)CCC1CCC(Nc2ncnc3sc4c(c23)CCC4)CC1.NC1CCC(Oc2ncnc3sc4c(c23)CCC4)CC1.O=C(O)CCC1CCC(Oc2ncnc3sc4c(c23)CCC4)CC1. The van der Waals surface area contributed by atoms with E-state index in [1.54, 1.807) is 37.2 Å². The number of hydrogen-bond donors (Lipinski definition) is 3. The molecule has 4 N–H and O–H groups in total. The van der Waals surface area contributed by atoms with E-state index in [1.165, 1.54) is 87.0 Å². The highest BCUT2D eigenvalue weighted by Gasteiger charge is 2.29. The van der Waals surface area contributed by atoms with Gasteiger partial charge < -0.3 is 35.1 Å². The molecule has 0 saturated heterocycles. The van der Waals surface area contributed by atoms with E-state index in [0.717, 1.165) is 140 Å². The fraction of sp³-hybridized carbons (Fsp3) is 0.632. The van der Waals surface area contributed by atoms with Gasteiger partial charge >= 0.3 is 17.9 Å². The molecular weight excluding hydrogens is 1100 g/mol. The lowest BCUT2D eigenvalue weighted by atomic mass is 9.83. The first-order chi connectivity index (χ1) is 37.6. The van der Waals surface area contributed by atoms with Crippen molar-refractivity contribution < 1.29 is 38.4 Å². The second kappa shape index (κ2) is 28.0. The number of carbonyl (C=O) groups is 3. The second-order valence-corrected chi connectivity index (χ2v) is 25.0. The number of nitrogens with one attached hydrogen (secondary N) is 1. The summed E-state index contributed by atoms with van der Waals surface area (Å²) in [6.07, 6.45) is 31.6. The number of fused-ring (bicyclic) bond motifs is 9. The molecule has 0 aliphatic heterocycles. The summed E-state index contributed by atoms with van der Waals surface area (Å²) in [4.78, 5) is 66.8. The van der Waals surface area contributed by atoms with Crippen molar-refractivity contribution in [1.29, 1.82) is 0 Å². The van der Waals surface area contributed by atoms with E-state index >= 15 is 0 Å². The predicted molar refractivity (Wildman–Crippen MR) is 308 cm³/mol. The quantitative estimate of drug-likeness (QED) is 0.0642. The molecule has 6 aliphatic carbocycles. The predicted octanol–water partition coefficient (Wildman–Crippen LogP) is 12.2. The number of ether oxygens (including phenoxy) is 4. The number of thiophene rings is 3. The van der Waals surface area contributed by atoms with Crippen LogP contribution >= 0.6 is 49.9 Å². The van der Waals surface area contributed by atoms with E-state index in [0.29, 0.717) is 48.9 Å². The molecule has 0 aromatic carbocycles. The molecule has 77 heavy (non-hydrogen) atoms. The van der Waals surface area contributed by atoms with E-state index in [1.807, 2.05) is 29.6 Å². The van der Waals surface area contributed by atoms with Crippen LogP contribution in [-0.4, -0.2) is 95.8 Å². The highest BCUT2D eigenvalue weighted by molar-refractivity contribution is 9.09. The number of alkyl halides is 1. The van der Waals surface area contributed by atoms with Crippen molar-refractivity contribution in [1.82, 2.24) is 29.9 Å². The number of aromatic nitrogens is 6. The largest absolute Gasteiger partial charge is 0.481 e. The molecule has 3 fully saturated rings. The van der Waals surface area contributed by atoms with Crippen LogP contribution in [0.15, 0.2) is 19.0 Å². The molecule has 6 aromatic rings. The summed E-state index contributed by atoms with van der Waals surface area (Å²) in [5.74, 6) is 2.81. The highest BCUT2D eigenvalue weighted by Crippen LogP contribution is 2.43. The molecule has 0 radical (unpaired) electrons. The average molecular weight is 1180 g/mol. The fourth-order valence-electron chi connectivity index (χ4n) is 11.9. The molecule has 0 amide bonds. The van der Waals surface area contributed by atoms with E-state index in [4.69, 9.17) is 25.1 Å². The first kappa shape index (κ1) is 57.1. The molecular formula is C57H75BrN8O8S3. The molecule has 0 spiro atoms. The Balaban J connectivity index is 0.000000133. The number of hydrogen-bond acceptors (Lipinski definition) is 18. The van der Waals surface area contributed by atoms with Gasteiger partial charge in [0.15, 0.2) is 0 Å². The number of carboxylic acids is 1. The number of aliphatic carboxylic acids is 1. The van der Waals surface area contributed by atoms with Crippen LogP contribution in [0.4, 0.5) is 5.82 Å². The third kappa shape index (κ3) is 15.0. The third-order valence-electron chi connectivity index (χ3n) is 15.9. The molecule has 16 nitrogen and oxygen atoms in total. The lowest BCUT2D eigenvalue weighted by Gasteiger charge is -2.29.